The van der Waals surface area contributed by atoms with Gasteiger partial charge in [-0.25, -0.2) is 0 Å². The maximum absolute atomic E-state index is 12.4. The van der Waals surface area contributed by atoms with Crippen molar-refractivity contribution in [2.75, 3.05) is 33.3 Å². The molecule has 0 radical (unpaired) electrons. The highest BCUT2D eigenvalue weighted by Crippen LogP contribution is 2.47. The fourth-order valence-electron chi connectivity index (χ4n) is 3.25. The summed E-state index contributed by atoms with van der Waals surface area (Å²) < 4.78 is 46.5. The lowest BCUT2D eigenvalue weighted by Crippen LogP contribution is -2.45. The zero-order valence-electron chi connectivity index (χ0n) is 13.8. The number of methoxy groups -OCH3 is 1. The number of benzene rings is 1. The van der Waals surface area contributed by atoms with Gasteiger partial charge < -0.3 is 14.8 Å². The lowest BCUT2D eigenvalue weighted by atomic mass is 9.98. The van der Waals surface area contributed by atoms with E-state index >= 15 is 0 Å². The molecule has 144 valence electrons. The van der Waals surface area contributed by atoms with E-state index in [1.165, 1.54) is 19.2 Å². The maximum atomic E-state index is 12.4. The SMILES string of the molecule is COc1cc(OC(F)(F)F)ccc1[C@@H](C1CC1)N1CCNCC1.Cl.Cl. The first-order valence-electron chi connectivity index (χ1n) is 7.86. The molecule has 1 heterocycles. The molecule has 2 aliphatic rings. The molecular formula is C16H23Cl2F3N2O2. The third kappa shape index (κ3) is 5.81. The zero-order chi connectivity index (χ0) is 16.4. The molecule has 9 heteroatoms. The molecule has 0 aromatic heterocycles. The van der Waals surface area contributed by atoms with Crippen LogP contribution in [0.3, 0.4) is 0 Å². The first-order valence-corrected chi connectivity index (χ1v) is 7.86. The van der Waals surface area contributed by atoms with Crippen LogP contribution in [-0.2, 0) is 0 Å². The highest BCUT2D eigenvalue weighted by Gasteiger charge is 2.38. The number of nitrogens with zero attached hydrogens (tertiary/aromatic N) is 1. The van der Waals surface area contributed by atoms with E-state index in [0.717, 1.165) is 44.6 Å². The molecule has 4 nitrogen and oxygen atoms in total. The van der Waals surface area contributed by atoms with Crippen molar-refractivity contribution in [3.8, 4) is 11.5 Å². The summed E-state index contributed by atoms with van der Waals surface area (Å²) in [7, 11) is 1.48. The van der Waals surface area contributed by atoms with Gasteiger partial charge in [0, 0.05) is 43.9 Å². The van der Waals surface area contributed by atoms with Gasteiger partial charge in [0.25, 0.3) is 0 Å². The Bertz CT molecular complexity index is 551. The fraction of sp³-hybridized carbons (Fsp3) is 0.625. The molecule has 1 saturated carbocycles. The molecule has 1 saturated heterocycles. The third-order valence-corrected chi connectivity index (χ3v) is 4.37. The van der Waals surface area contributed by atoms with E-state index < -0.39 is 6.36 Å². The van der Waals surface area contributed by atoms with Gasteiger partial charge in [-0.2, -0.15) is 0 Å². The third-order valence-electron chi connectivity index (χ3n) is 4.37. The summed E-state index contributed by atoms with van der Waals surface area (Å²) in [5, 5.41) is 3.33. The summed E-state index contributed by atoms with van der Waals surface area (Å²) in [6.45, 7) is 3.73. The summed E-state index contributed by atoms with van der Waals surface area (Å²) in [4.78, 5) is 2.40. The largest absolute Gasteiger partial charge is 0.573 e. The number of ether oxygens (including phenoxy) is 2. The number of piperazine rings is 1. The summed E-state index contributed by atoms with van der Waals surface area (Å²) >= 11 is 0. The molecule has 0 amide bonds. The van der Waals surface area contributed by atoms with Crippen LogP contribution in [0.1, 0.15) is 24.4 Å². The van der Waals surface area contributed by atoms with E-state index in [1.54, 1.807) is 6.07 Å². The molecule has 1 aliphatic carbocycles. The Morgan fingerprint density at radius 3 is 2.32 bits per heavy atom. The lowest BCUT2D eigenvalue weighted by molar-refractivity contribution is -0.274. The van der Waals surface area contributed by atoms with E-state index in [1.807, 2.05) is 0 Å². The standard InChI is InChI=1S/C16H21F3N2O2.2ClH/c1-22-14-10-12(23-16(17,18)19)4-5-13(14)15(11-2-3-11)21-8-6-20-7-9-21;;/h4-5,10-11,15,20H,2-3,6-9H2,1H3;2*1H/t15-;;/m1../s1. The molecule has 0 bridgehead atoms. The van der Waals surface area contributed by atoms with Crippen LogP contribution in [0.5, 0.6) is 11.5 Å². The van der Waals surface area contributed by atoms with Crippen LogP contribution in [0.4, 0.5) is 13.2 Å². The van der Waals surface area contributed by atoms with Gasteiger partial charge in [-0.1, -0.05) is 6.07 Å². The minimum atomic E-state index is -4.69. The van der Waals surface area contributed by atoms with E-state index in [9.17, 15) is 13.2 Å². The van der Waals surface area contributed by atoms with Crippen molar-refractivity contribution in [1.82, 2.24) is 10.2 Å². The smallest absolute Gasteiger partial charge is 0.496 e. The number of rotatable bonds is 5. The average molecular weight is 403 g/mol. The van der Waals surface area contributed by atoms with Crippen molar-refractivity contribution in [2.24, 2.45) is 5.92 Å². The number of hydrogen-bond donors (Lipinski definition) is 1. The Balaban J connectivity index is 0.00000156. The monoisotopic (exact) mass is 402 g/mol. The molecule has 25 heavy (non-hydrogen) atoms. The molecule has 3 rings (SSSR count). The van der Waals surface area contributed by atoms with Gasteiger partial charge in [0.15, 0.2) is 0 Å². The number of nitrogens with one attached hydrogen (secondary N) is 1. The van der Waals surface area contributed by atoms with Crippen molar-refractivity contribution in [2.45, 2.75) is 25.2 Å². The molecule has 1 atom stereocenters. The van der Waals surface area contributed by atoms with Crippen LogP contribution < -0.4 is 14.8 Å². The lowest BCUT2D eigenvalue weighted by Gasteiger charge is -2.36. The van der Waals surface area contributed by atoms with Crippen molar-refractivity contribution < 1.29 is 22.6 Å². The molecule has 0 unspecified atom stereocenters. The summed E-state index contributed by atoms with van der Waals surface area (Å²) in [6, 6.07) is 4.63. The fourth-order valence-corrected chi connectivity index (χ4v) is 3.25. The quantitative estimate of drug-likeness (QED) is 0.811. The van der Waals surface area contributed by atoms with Crippen molar-refractivity contribution in [3.05, 3.63) is 23.8 Å². The second kappa shape index (κ2) is 9.16. The Kier molecular flexibility index (Phi) is 8.12. The van der Waals surface area contributed by atoms with Gasteiger partial charge in [-0.05, 0) is 24.8 Å². The second-order valence-electron chi connectivity index (χ2n) is 6.02. The van der Waals surface area contributed by atoms with Gasteiger partial charge in [0.05, 0.1) is 7.11 Å². The molecule has 1 aliphatic heterocycles. The molecule has 1 aromatic rings. The molecular weight excluding hydrogens is 380 g/mol. The van der Waals surface area contributed by atoms with Crippen LogP contribution in [0.15, 0.2) is 18.2 Å². The normalized spacial score (nSPS) is 19.4. The molecule has 0 spiro atoms. The van der Waals surface area contributed by atoms with Crippen LogP contribution >= 0.6 is 24.8 Å². The van der Waals surface area contributed by atoms with Gasteiger partial charge in [0.2, 0.25) is 0 Å². The van der Waals surface area contributed by atoms with Crippen molar-refractivity contribution in [3.63, 3.8) is 0 Å². The summed E-state index contributed by atoms with van der Waals surface area (Å²) in [5.74, 6) is 0.770. The second-order valence-corrected chi connectivity index (χ2v) is 6.02. The highest BCUT2D eigenvalue weighted by atomic mass is 35.5. The highest BCUT2D eigenvalue weighted by molar-refractivity contribution is 5.85. The minimum absolute atomic E-state index is 0. The zero-order valence-corrected chi connectivity index (χ0v) is 15.5. The van der Waals surface area contributed by atoms with Gasteiger partial charge in [-0.15, -0.1) is 38.0 Å². The minimum Gasteiger partial charge on any atom is -0.496 e. The van der Waals surface area contributed by atoms with Gasteiger partial charge in [0.1, 0.15) is 11.5 Å². The maximum Gasteiger partial charge on any atom is 0.573 e. The Morgan fingerprint density at radius 2 is 1.80 bits per heavy atom. The van der Waals surface area contributed by atoms with E-state index in [-0.39, 0.29) is 36.6 Å². The van der Waals surface area contributed by atoms with Crippen LogP contribution in [0.2, 0.25) is 0 Å². The predicted octanol–water partition coefficient (Wildman–Crippen LogP) is 3.79. The van der Waals surface area contributed by atoms with Crippen LogP contribution in [0.25, 0.3) is 0 Å². The van der Waals surface area contributed by atoms with Crippen molar-refractivity contribution >= 4 is 24.8 Å². The Morgan fingerprint density at radius 1 is 1.16 bits per heavy atom. The van der Waals surface area contributed by atoms with E-state index in [0.29, 0.717) is 11.7 Å². The molecule has 2 fully saturated rings. The average Bonchev–Trinajstić information content (AvgIpc) is 3.33. The van der Waals surface area contributed by atoms with Crippen LogP contribution in [0, 0.1) is 5.92 Å². The Labute approximate surface area is 157 Å². The van der Waals surface area contributed by atoms with Gasteiger partial charge in [-0.3, -0.25) is 4.90 Å². The first-order chi connectivity index (χ1) is 11.0. The van der Waals surface area contributed by atoms with Crippen LogP contribution in [-0.4, -0.2) is 44.6 Å². The topological polar surface area (TPSA) is 33.7 Å². The van der Waals surface area contributed by atoms with E-state index in [4.69, 9.17) is 4.74 Å². The number of hydrogen-bond acceptors (Lipinski definition) is 4. The molecule has 1 aromatic carbocycles. The predicted molar refractivity (Wildman–Crippen MR) is 94.1 cm³/mol. The Hall–Kier alpha value is -0.890. The van der Waals surface area contributed by atoms with E-state index in [2.05, 4.69) is 15.0 Å². The summed E-state index contributed by atoms with van der Waals surface area (Å²) in [5.41, 5.74) is 0.950. The molecule has 1 N–H and O–H groups in total. The van der Waals surface area contributed by atoms with Gasteiger partial charge >= 0.3 is 6.36 Å². The summed E-state index contributed by atoms with van der Waals surface area (Å²) in [6.07, 6.45) is -2.39. The number of alkyl halides is 3. The first kappa shape index (κ1) is 22.2. The van der Waals surface area contributed by atoms with Crippen molar-refractivity contribution in [1.29, 1.82) is 0 Å². The number of halogens is 5.